The molecule has 6 atom stereocenters. The van der Waals surface area contributed by atoms with Crippen molar-refractivity contribution in [1.29, 1.82) is 0 Å². The van der Waals surface area contributed by atoms with Crippen LogP contribution in [0, 0.1) is 5.92 Å². The van der Waals surface area contributed by atoms with Crippen molar-refractivity contribution in [2.24, 2.45) is 5.92 Å². The Balaban J connectivity index is 2.47. The van der Waals surface area contributed by atoms with E-state index in [0.717, 1.165) is 12.9 Å². The highest BCUT2D eigenvalue weighted by atomic mass is 32.5. The fraction of sp³-hybridized carbons (Fsp3) is 0.625. The molecule has 0 radical (unpaired) electrons. The third kappa shape index (κ3) is 6.53. The van der Waals surface area contributed by atoms with Crippen LogP contribution < -0.4 is 11.2 Å². The molecule has 2 rings (SSSR count). The van der Waals surface area contributed by atoms with Crippen molar-refractivity contribution in [1.82, 2.24) is 9.55 Å². The van der Waals surface area contributed by atoms with Gasteiger partial charge < -0.3 is 28.1 Å². The zero-order valence-electron chi connectivity index (χ0n) is 16.9. The molecule has 0 saturated heterocycles. The van der Waals surface area contributed by atoms with E-state index >= 15 is 0 Å². The molecule has 2 unspecified atom stereocenters. The van der Waals surface area contributed by atoms with E-state index < -0.39 is 55.8 Å². The summed E-state index contributed by atoms with van der Waals surface area (Å²) in [6, 6.07) is 0.468. The molecular formula is C16H26N2O9P2S. The average Bonchev–Trinajstić information content (AvgIpc) is 2.95. The molecule has 0 aliphatic heterocycles. The van der Waals surface area contributed by atoms with Gasteiger partial charge in [0, 0.05) is 38.2 Å². The van der Waals surface area contributed by atoms with Crippen LogP contribution in [0.2, 0.25) is 0 Å². The number of ether oxygens (including phenoxy) is 1. The Morgan fingerprint density at radius 2 is 1.97 bits per heavy atom. The largest absolute Gasteiger partial charge is 0.378 e. The summed E-state index contributed by atoms with van der Waals surface area (Å²) < 4.78 is 34.2. The Morgan fingerprint density at radius 3 is 2.50 bits per heavy atom. The molecule has 30 heavy (non-hydrogen) atoms. The number of nitrogens with zero attached hydrogens (tertiary/aromatic N) is 1. The van der Waals surface area contributed by atoms with E-state index in [1.54, 1.807) is 13.8 Å². The van der Waals surface area contributed by atoms with Crippen molar-refractivity contribution in [3.63, 3.8) is 0 Å². The third-order valence-electron chi connectivity index (χ3n) is 4.50. The van der Waals surface area contributed by atoms with Gasteiger partial charge in [0.2, 0.25) is 0 Å². The zero-order valence-corrected chi connectivity index (χ0v) is 19.5. The van der Waals surface area contributed by atoms with Crippen LogP contribution in [0.15, 0.2) is 33.7 Å². The number of H-pyrrole nitrogens is 1. The average molecular weight is 484 g/mol. The summed E-state index contributed by atoms with van der Waals surface area (Å²) in [4.78, 5) is 46.1. The molecule has 1 aliphatic rings. The maximum absolute atomic E-state index is 12.4. The lowest BCUT2D eigenvalue weighted by molar-refractivity contribution is -0.0147. The maximum atomic E-state index is 12.4. The highest BCUT2D eigenvalue weighted by Crippen LogP contribution is 2.52. The number of nitrogens with one attached hydrogen (secondary N) is 1. The van der Waals surface area contributed by atoms with E-state index in [2.05, 4.69) is 9.51 Å². The minimum absolute atomic E-state index is 0.229. The smallest absolute Gasteiger partial charge is 0.351 e. The first kappa shape index (κ1) is 25.3. The summed E-state index contributed by atoms with van der Waals surface area (Å²) >= 11 is 5.09. The van der Waals surface area contributed by atoms with Gasteiger partial charge >= 0.3 is 20.0 Å². The summed E-state index contributed by atoms with van der Waals surface area (Å²) in [5.41, 5.74) is -1.25. The third-order valence-corrected chi connectivity index (χ3v) is 7.29. The van der Waals surface area contributed by atoms with Gasteiger partial charge in [-0.1, -0.05) is 6.08 Å². The molecule has 3 N–H and O–H groups in total. The van der Waals surface area contributed by atoms with Crippen molar-refractivity contribution in [2.75, 3.05) is 14.2 Å². The Hall–Kier alpha value is -0.940. The van der Waals surface area contributed by atoms with Crippen LogP contribution in [0.3, 0.4) is 0 Å². The van der Waals surface area contributed by atoms with E-state index in [0.29, 0.717) is 0 Å². The van der Waals surface area contributed by atoms with E-state index in [9.17, 15) is 23.9 Å². The highest BCUT2D eigenvalue weighted by Gasteiger charge is 2.47. The minimum atomic E-state index is -3.93. The molecule has 1 heterocycles. The molecule has 0 bridgehead atoms. The zero-order chi connectivity index (χ0) is 22.7. The predicted octanol–water partition coefficient (Wildman–Crippen LogP) is 1.49. The van der Waals surface area contributed by atoms with Gasteiger partial charge in [0.15, 0.2) is 0 Å². The van der Waals surface area contributed by atoms with E-state index in [-0.39, 0.29) is 6.42 Å². The first-order valence-corrected chi connectivity index (χ1v) is 13.2. The van der Waals surface area contributed by atoms with Crippen LogP contribution in [0.1, 0.15) is 26.3 Å². The molecular weight excluding hydrogens is 458 g/mol. The van der Waals surface area contributed by atoms with Gasteiger partial charge in [-0.25, -0.2) is 4.79 Å². The van der Waals surface area contributed by atoms with Crippen molar-refractivity contribution in [3.8, 4) is 0 Å². The molecule has 1 saturated carbocycles. The first-order valence-electron chi connectivity index (χ1n) is 9.00. The first-order chi connectivity index (χ1) is 13.9. The van der Waals surface area contributed by atoms with Crippen LogP contribution in [0.4, 0.5) is 0 Å². The Bertz CT molecular complexity index is 976. The molecule has 170 valence electrons. The minimum Gasteiger partial charge on any atom is -0.378 e. The van der Waals surface area contributed by atoms with Crippen molar-refractivity contribution >= 4 is 26.1 Å². The highest BCUT2D eigenvalue weighted by molar-refractivity contribution is 8.07. The molecule has 11 nitrogen and oxygen atoms in total. The van der Waals surface area contributed by atoms with E-state index in [1.807, 2.05) is 0 Å². The fourth-order valence-electron chi connectivity index (χ4n) is 3.32. The van der Waals surface area contributed by atoms with Gasteiger partial charge in [-0.3, -0.25) is 18.9 Å². The molecule has 0 aromatic carbocycles. The molecule has 14 heteroatoms. The Morgan fingerprint density at radius 1 is 1.30 bits per heavy atom. The van der Waals surface area contributed by atoms with Gasteiger partial charge in [-0.05, 0) is 32.1 Å². The van der Waals surface area contributed by atoms with Gasteiger partial charge in [-0.15, -0.1) is 0 Å². The molecule has 1 aromatic rings. The lowest BCUT2D eigenvalue weighted by atomic mass is 10.1. The second-order valence-corrected chi connectivity index (χ2v) is 11.5. The van der Waals surface area contributed by atoms with E-state index in [1.165, 1.54) is 30.0 Å². The Kier molecular flexibility index (Phi) is 8.54. The van der Waals surface area contributed by atoms with Crippen molar-refractivity contribution in [2.45, 2.75) is 44.6 Å². The summed E-state index contributed by atoms with van der Waals surface area (Å²) in [5, 5.41) is 0. The SMILES string of the molecule is CO[C@H]1[C@@H](OP(O)(=S)OC(C)C)[C@@H](n2ccc(=O)[nH]c2=O)C[C@@H]1/C=C/P(=O)(O)OC. The Labute approximate surface area is 178 Å². The van der Waals surface area contributed by atoms with Gasteiger partial charge in [-0.2, -0.15) is 0 Å². The summed E-state index contributed by atoms with van der Waals surface area (Å²) in [5.74, 6) is 0.534. The maximum Gasteiger partial charge on any atom is 0.351 e. The lowest BCUT2D eigenvalue weighted by Crippen LogP contribution is -2.38. The van der Waals surface area contributed by atoms with Crippen LogP contribution in [-0.2, 0) is 34.7 Å². The van der Waals surface area contributed by atoms with Crippen molar-refractivity contribution < 1.29 is 32.7 Å². The molecule has 0 amide bonds. The number of aromatic nitrogens is 2. The monoisotopic (exact) mass is 484 g/mol. The lowest BCUT2D eigenvalue weighted by Gasteiger charge is -2.30. The molecule has 1 aliphatic carbocycles. The summed E-state index contributed by atoms with van der Waals surface area (Å²) in [7, 11) is -1.42. The molecule has 0 spiro atoms. The van der Waals surface area contributed by atoms with Gasteiger partial charge in [0.25, 0.3) is 5.56 Å². The predicted molar refractivity (Wildman–Crippen MR) is 113 cm³/mol. The number of methoxy groups -OCH3 is 1. The van der Waals surface area contributed by atoms with Crippen molar-refractivity contribution in [3.05, 3.63) is 45.0 Å². The molecule has 1 aromatic heterocycles. The quantitative estimate of drug-likeness (QED) is 0.440. The van der Waals surface area contributed by atoms with Crippen LogP contribution in [-0.4, -0.2) is 51.9 Å². The second kappa shape index (κ2) is 10.1. The van der Waals surface area contributed by atoms with Crippen LogP contribution >= 0.6 is 14.3 Å². The summed E-state index contributed by atoms with van der Waals surface area (Å²) in [6.45, 7) is -0.336. The topological polar surface area (TPSA) is 149 Å². The number of aromatic amines is 1. The molecule has 1 fully saturated rings. The fourth-order valence-corrected chi connectivity index (χ4v) is 5.85. The number of hydrogen-bond acceptors (Lipinski definition) is 8. The van der Waals surface area contributed by atoms with Crippen LogP contribution in [0.25, 0.3) is 0 Å². The summed E-state index contributed by atoms with van der Waals surface area (Å²) in [6.07, 6.45) is 0.880. The van der Waals surface area contributed by atoms with E-state index in [4.69, 9.17) is 25.6 Å². The number of hydrogen-bond donors (Lipinski definition) is 3. The normalized spacial score (nSPS) is 28.6. The van der Waals surface area contributed by atoms with Gasteiger partial charge in [0.05, 0.1) is 18.2 Å². The number of rotatable bonds is 9. The van der Waals surface area contributed by atoms with Gasteiger partial charge in [0.1, 0.15) is 6.10 Å². The standard InChI is InChI=1S/C16H26N2O9P2S/c1-10(2)26-29(23,30)27-15-12(18-7-5-13(19)17-16(18)20)9-11(14(15)24-3)6-8-28(21,22)25-4/h5-8,10-12,14-15H,9H2,1-4H3,(H,21,22)(H,23,30)(H,17,19,20)/b8-6+/t11-,12-,14+,15-,29?/m0/s1. The second-order valence-electron chi connectivity index (χ2n) is 6.97. The van der Waals surface area contributed by atoms with Crippen LogP contribution in [0.5, 0.6) is 0 Å².